The van der Waals surface area contributed by atoms with Gasteiger partial charge in [0.1, 0.15) is 5.75 Å². The van der Waals surface area contributed by atoms with Gasteiger partial charge in [0, 0.05) is 5.69 Å². The Hall–Kier alpha value is -3.39. The summed E-state index contributed by atoms with van der Waals surface area (Å²) in [5.74, 6) is -0.293. The molecule has 2 aromatic rings. The number of esters is 1. The molecular weight excluding hydrogens is 410 g/mol. The minimum Gasteiger partial charge on any atom is -0.495 e. The predicted molar refractivity (Wildman–Crippen MR) is 124 cm³/mol. The number of amides is 2. The highest BCUT2D eigenvalue weighted by molar-refractivity contribution is 5.96. The third kappa shape index (κ3) is 8.03. The quantitative estimate of drug-likeness (QED) is 0.489. The van der Waals surface area contributed by atoms with Crippen LogP contribution >= 0.6 is 0 Å². The molecule has 0 aliphatic heterocycles. The van der Waals surface area contributed by atoms with Gasteiger partial charge in [-0.05, 0) is 55.8 Å². The molecule has 8 nitrogen and oxygen atoms in total. The van der Waals surface area contributed by atoms with Gasteiger partial charge in [-0.1, -0.05) is 26.0 Å². The van der Waals surface area contributed by atoms with Crippen molar-refractivity contribution in [3.05, 3.63) is 54.1 Å². The highest BCUT2D eigenvalue weighted by Crippen LogP contribution is 2.22. The normalized spacial score (nSPS) is 10.5. The first-order valence-corrected chi connectivity index (χ1v) is 10.7. The van der Waals surface area contributed by atoms with Crippen LogP contribution in [0.4, 0.5) is 11.4 Å². The Morgan fingerprint density at radius 1 is 0.875 bits per heavy atom. The second-order valence-corrected chi connectivity index (χ2v) is 7.22. The minimum absolute atomic E-state index is 0.0630. The number of ether oxygens (including phenoxy) is 2. The number of carbonyl (C=O) groups is 3. The number of para-hydroxylation sites is 2. The molecule has 8 heteroatoms. The first-order valence-electron chi connectivity index (χ1n) is 10.7. The molecular formula is C24H31N3O5. The molecule has 0 radical (unpaired) electrons. The molecule has 32 heavy (non-hydrogen) atoms. The fourth-order valence-electron chi connectivity index (χ4n) is 3.04. The molecule has 2 amide bonds. The molecule has 0 aliphatic carbocycles. The maximum absolute atomic E-state index is 12.5. The molecule has 0 aromatic heterocycles. The van der Waals surface area contributed by atoms with Crippen LogP contribution in [0.5, 0.6) is 5.75 Å². The van der Waals surface area contributed by atoms with Gasteiger partial charge in [0.15, 0.2) is 0 Å². The van der Waals surface area contributed by atoms with E-state index in [1.807, 2.05) is 26.0 Å². The molecule has 0 aliphatic rings. The number of nitrogens with zero attached hydrogens (tertiary/aromatic N) is 1. The van der Waals surface area contributed by atoms with Crippen molar-refractivity contribution >= 4 is 29.2 Å². The highest BCUT2D eigenvalue weighted by Gasteiger charge is 2.16. The van der Waals surface area contributed by atoms with Gasteiger partial charge < -0.3 is 20.1 Å². The summed E-state index contributed by atoms with van der Waals surface area (Å²) in [5.41, 5.74) is 1.58. The molecule has 0 spiro atoms. The zero-order valence-corrected chi connectivity index (χ0v) is 18.8. The van der Waals surface area contributed by atoms with Crippen molar-refractivity contribution in [3.8, 4) is 5.75 Å². The van der Waals surface area contributed by atoms with E-state index in [2.05, 4.69) is 10.6 Å². The van der Waals surface area contributed by atoms with Crippen molar-refractivity contribution in [3.63, 3.8) is 0 Å². The summed E-state index contributed by atoms with van der Waals surface area (Å²) in [6.45, 7) is 5.01. The van der Waals surface area contributed by atoms with E-state index in [1.165, 1.54) is 0 Å². The topological polar surface area (TPSA) is 97.0 Å². The number of benzene rings is 2. The monoisotopic (exact) mass is 441 g/mol. The second kappa shape index (κ2) is 13.1. The second-order valence-electron chi connectivity index (χ2n) is 7.22. The summed E-state index contributed by atoms with van der Waals surface area (Å²) >= 11 is 0. The van der Waals surface area contributed by atoms with Gasteiger partial charge >= 0.3 is 5.97 Å². The number of nitrogens with one attached hydrogen (secondary N) is 2. The Morgan fingerprint density at radius 2 is 1.53 bits per heavy atom. The Morgan fingerprint density at radius 3 is 2.16 bits per heavy atom. The smallest absolute Gasteiger partial charge is 0.338 e. The summed E-state index contributed by atoms with van der Waals surface area (Å²) in [6.07, 6.45) is 1.55. The van der Waals surface area contributed by atoms with Gasteiger partial charge in [-0.25, -0.2) is 4.79 Å². The Kier molecular flexibility index (Phi) is 10.2. The van der Waals surface area contributed by atoms with Crippen molar-refractivity contribution in [2.75, 3.05) is 44.0 Å². The predicted octanol–water partition coefficient (Wildman–Crippen LogP) is 3.55. The number of carbonyl (C=O) groups excluding carboxylic acids is 3. The van der Waals surface area contributed by atoms with Crippen LogP contribution in [0.2, 0.25) is 0 Å². The largest absolute Gasteiger partial charge is 0.495 e. The van der Waals surface area contributed by atoms with Crippen molar-refractivity contribution in [1.29, 1.82) is 0 Å². The van der Waals surface area contributed by atoms with Crippen LogP contribution in [0.15, 0.2) is 48.5 Å². The average Bonchev–Trinajstić information content (AvgIpc) is 2.78. The van der Waals surface area contributed by atoms with Crippen molar-refractivity contribution in [1.82, 2.24) is 4.90 Å². The number of hydrogen-bond acceptors (Lipinski definition) is 6. The van der Waals surface area contributed by atoms with Crippen LogP contribution in [0, 0.1) is 0 Å². The van der Waals surface area contributed by atoms with Crippen LogP contribution in [0.3, 0.4) is 0 Å². The average molecular weight is 442 g/mol. The molecule has 0 fully saturated rings. The van der Waals surface area contributed by atoms with E-state index < -0.39 is 0 Å². The molecule has 2 N–H and O–H groups in total. The van der Waals surface area contributed by atoms with Gasteiger partial charge in [0.05, 0.1) is 38.1 Å². The minimum atomic E-state index is -0.389. The maximum Gasteiger partial charge on any atom is 0.338 e. The van der Waals surface area contributed by atoms with Crippen LogP contribution in [0.1, 0.15) is 37.0 Å². The van der Waals surface area contributed by atoms with E-state index in [9.17, 15) is 14.4 Å². The number of rotatable bonds is 12. The van der Waals surface area contributed by atoms with Gasteiger partial charge in [-0.15, -0.1) is 0 Å². The summed E-state index contributed by atoms with van der Waals surface area (Å²) in [4.78, 5) is 38.6. The zero-order chi connectivity index (χ0) is 23.3. The molecule has 0 unspecified atom stereocenters. The maximum atomic E-state index is 12.5. The fraction of sp³-hybridized carbons (Fsp3) is 0.375. The summed E-state index contributed by atoms with van der Waals surface area (Å²) in [7, 11) is 1.54. The third-order valence-electron chi connectivity index (χ3n) is 4.50. The Labute approximate surface area is 188 Å². The third-order valence-corrected chi connectivity index (χ3v) is 4.50. The van der Waals surface area contributed by atoms with Crippen LogP contribution in [-0.4, -0.2) is 56.0 Å². The van der Waals surface area contributed by atoms with E-state index in [1.54, 1.807) is 48.4 Å². The van der Waals surface area contributed by atoms with E-state index in [0.717, 1.165) is 12.8 Å². The lowest BCUT2D eigenvalue weighted by molar-refractivity contribution is -0.120. The molecule has 172 valence electrons. The van der Waals surface area contributed by atoms with Gasteiger partial charge in [0.2, 0.25) is 11.8 Å². The lowest BCUT2D eigenvalue weighted by Gasteiger charge is -2.21. The number of anilines is 2. The fourth-order valence-corrected chi connectivity index (χ4v) is 3.04. The zero-order valence-electron chi connectivity index (χ0n) is 18.8. The van der Waals surface area contributed by atoms with Gasteiger partial charge in [0.25, 0.3) is 0 Å². The Balaban J connectivity index is 1.90. The lowest BCUT2D eigenvalue weighted by atomic mass is 10.2. The lowest BCUT2D eigenvalue weighted by Crippen LogP contribution is -2.39. The number of hydrogen-bond donors (Lipinski definition) is 2. The Bertz CT molecular complexity index is 899. The molecule has 0 saturated carbocycles. The van der Waals surface area contributed by atoms with Gasteiger partial charge in [-0.3, -0.25) is 14.5 Å². The number of methoxy groups -OCH3 is 1. The first kappa shape index (κ1) is 24.9. The molecule has 2 aromatic carbocycles. The van der Waals surface area contributed by atoms with Crippen molar-refractivity contribution in [2.24, 2.45) is 0 Å². The molecule has 0 atom stereocenters. The van der Waals surface area contributed by atoms with E-state index >= 15 is 0 Å². The van der Waals surface area contributed by atoms with E-state index in [-0.39, 0.29) is 30.9 Å². The van der Waals surface area contributed by atoms with Crippen LogP contribution < -0.4 is 15.4 Å². The van der Waals surface area contributed by atoms with E-state index in [4.69, 9.17) is 9.47 Å². The van der Waals surface area contributed by atoms with Crippen molar-refractivity contribution in [2.45, 2.75) is 26.7 Å². The van der Waals surface area contributed by atoms with Gasteiger partial charge in [-0.2, -0.15) is 0 Å². The van der Waals surface area contributed by atoms with Crippen LogP contribution in [-0.2, 0) is 14.3 Å². The summed E-state index contributed by atoms with van der Waals surface area (Å²) < 4.78 is 10.3. The SMILES string of the molecule is CCCOC(=O)c1ccc(NC(=O)CN(CCC)CC(=O)Nc2ccccc2OC)cc1. The van der Waals surface area contributed by atoms with E-state index in [0.29, 0.717) is 35.8 Å². The molecule has 0 saturated heterocycles. The standard InChI is InChI=1S/C24H31N3O5/c1-4-14-27(17-23(29)26-20-8-6-7-9-21(20)31-3)16-22(28)25-19-12-10-18(11-13-19)24(30)32-15-5-2/h6-13H,4-5,14-17H2,1-3H3,(H,25,28)(H,26,29). The summed E-state index contributed by atoms with van der Waals surface area (Å²) in [5, 5.41) is 5.62. The molecule has 0 bridgehead atoms. The summed E-state index contributed by atoms with van der Waals surface area (Å²) in [6, 6.07) is 13.7. The van der Waals surface area contributed by atoms with Crippen LogP contribution in [0.25, 0.3) is 0 Å². The molecule has 2 rings (SSSR count). The first-order chi connectivity index (χ1) is 15.5. The van der Waals surface area contributed by atoms with Crippen molar-refractivity contribution < 1.29 is 23.9 Å². The highest BCUT2D eigenvalue weighted by atomic mass is 16.5. The molecule has 0 heterocycles.